The number of nitro groups is 1. The Bertz CT molecular complexity index is 1950. The summed E-state index contributed by atoms with van der Waals surface area (Å²) < 4.78 is 20.6. The maximum atomic E-state index is 13.7. The highest BCUT2D eigenvalue weighted by molar-refractivity contribution is 7.99. The first kappa shape index (κ1) is 31.6. The molecule has 0 saturated heterocycles. The van der Waals surface area contributed by atoms with Gasteiger partial charge in [0.05, 0.1) is 46.5 Å². The van der Waals surface area contributed by atoms with Crippen molar-refractivity contribution < 1.29 is 23.6 Å². The van der Waals surface area contributed by atoms with Crippen molar-refractivity contribution in [3.63, 3.8) is 0 Å². The third kappa shape index (κ3) is 6.90. The fourth-order valence-electron chi connectivity index (χ4n) is 5.05. The van der Waals surface area contributed by atoms with Crippen LogP contribution in [0.3, 0.4) is 0 Å². The standard InChI is InChI=1S/C32H26FN7O5S2/c1-45-27-6-3-2-5-24(27)31(42)34-18-29-35-36-32(38(29)22-12-14-23(15-13-22)40(43)44)47-19-30(41)39-26(20-8-10-21(33)11-9-20)17-25(37-39)28-7-4-16-46-28/h2-16,26H,17-19H2,1H3,(H,34,42)/t26-/m0/s1. The number of non-ortho nitro benzene ring substituents is 1. The van der Waals surface area contributed by atoms with E-state index in [1.807, 2.05) is 17.5 Å². The molecule has 0 bridgehead atoms. The van der Waals surface area contributed by atoms with Gasteiger partial charge in [-0.05, 0) is 53.4 Å². The number of hydrogen-bond acceptors (Lipinski definition) is 10. The van der Waals surface area contributed by atoms with Gasteiger partial charge in [-0.25, -0.2) is 9.40 Å². The molecule has 2 amide bonds. The van der Waals surface area contributed by atoms with Crippen LogP contribution in [-0.2, 0) is 11.3 Å². The largest absolute Gasteiger partial charge is 0.496 e. The van der Waals surface area contributed by atoms with Gasteiger partial charge < -0.3 is 10.1 Å². The second kappa shape index (κ2) is 13.9. The molecule has 0 radical (unpaired) electrons. The van der Waals surface area contributed by atoms with Gasteiger partial charge >= 0.3 is 0 Å². The Morgan fingerprint density at radius 2 is 1.83 bits per heavy atom. The number of methoxy groups -OCH3 is 1. The number of rotatable bonds is 11. The average molecular weight is 672 g/mol. The first-order chi connectivity index (χ1) is 22.8. The monoisotopic (exact) mass is 671 g/mol. The van der Waals surface area contributed by atoms with E-state index < -0.39 is 16.9 Å². The number of hydrazone groups is 1. The summed E-state index contributed by atoms with van der Waals surface area (Å²) in [5, 5.41) is 31.0. The van der Waals surface area contributed by atoms with Crippen LogP contribution in [0.2, 0.25) is 0 Å². The average Bonchev–Trinajstić information content (AvgIpc) is 3.87. The normalized spacial score (nSPS) is 14.1. The molecule has 2 aromatic heterocycles. The predicted molar refractivity (Wildman–Crippen MR) is 174 cm³/mol. The van der Waals surface area contributed by atoms with Gasteiger partial charge in [-0.1, -0.05) is 42.1 Å². The van der Waals surface area contributed by atoms with Gasteiger partial charge in [0, 0.05) is 24.2 Å². The fourth-order valence-corrected chi connectivity index (χ4v) is 6.59. The van der Waals surface area contributed by atoms with Crippen LogP contribution in [0.5, 0.6) is 5.75 Å². The van der Waals surface area contributed by atoms with Crippen molar-refractivity contribution >= 4 is 46.3 Å². The minimum atomic E-state index is -0.503. The molecule has 15 heteroatoms. The SMILES string of the molecule is COc1ccccc1C(=O)NCc1nnc(SCC(=O)N2N=C(c3cccs3)C[C@H]2c2ccc(F)cc2)n1-c1ccc([N+](=O)[O-])cc1. The number of hydrogen-bond donors (Lipinski definition) is 1. The number of nitrogens with one attached hydrogen (secondary N) is 1. The van der Waals surface area contributed by atoms with Crippen molar-refractivity contribution in [3.8, 4) is 11.4 Å². The molecule has 12 nitrogen and oxygen atoms in total. The van der Waals surface area contributed by atoms with Crippen LogP contribution >= 0.6 is 23.1 Å². The number of amides is 2. The number of carbonyl (C=O) groups excluding carboxylic acids is 2. The minimum Gasteiger partial charge on any atom is -0.496 e. The number of thioether (sulfide) groups is 1. The Hall–Kier alpha value is -5.41. The van der Waals surface area contributed by atoms with E-state index >= 15 is 0 Å². The molecule has 3 heterocycles. The Labute approximate surface area is 276 Å². The van der Waals surface area contributed by atoms with E-state index in [4.69, 9.17) is 4.74 Å². The maximum absolute atomic E-state index is 13.7. The molecule has 1 N–H and O–H groups in total. The zero-order chi connectivity index (χ0) is 32.9. The van der Waals surface area contributed by atoms with Crippen LogP contribution in [-0.4, -0.2) is 55.1 Å². The first-order valence-corrected chi connectivity index (χ1v) is 16.1. The highest BCUT2D eigenvalue weighted by Crippen LogP contribution is 2.35. The van der Waals surface area contributed by atoms with Crippen molar-refractivity contribution in [1.29, 1.82) is 0 Å². The number of carbonyl (C=O) groups is 2. The van der Waals surface area contributed by atoms with Crippen LogP contribution in [0, 0.1) is 15.9 Å². The lowest BCUT2D eigenvalue weighted by atomic mass is 10.0. The highest BCUT2D eigenvalue weighted by Gasteiger charge is 2.34. The summed E-state index contributed by atoms with van der Waals surface area (Å²) in [6.45, 7) is -0.0391. The van der Waals surface area contributed by atoms with Gasteiger partial charge in [-0.15, -0.1) is 21.5 Å². The molecule has 47 heavy (non-hydrogen) atoms. The van der Waals surface area contributed by atoms with Crippen molar-refractivity contribution in [2.24, 2.45) is 5.10 Å². The van der Waals surface area contributed by atoms with Crippen molar-refractivity contribution in [3.05, 3.63) is 128 Å². The molecule has 3 aromatic carbocycles. The summed E-state index contributed by atoms with van der Waals surface area (Å²) in [5.41, 5.74) is 2.25. The van der Waals surface area contributed by atoms with Crippen LogP contribution in [0.4, 0.5) is 10.1 Å². The molecule has 6 rings (SSSR count). The number of nitrogens with zero attached hydrogens (tertiary/aromatic N) is 6. The number of nitro benzene ring substituents is 1. The lowest BCUT2D eigenvalue weighted by Crippen LogP contribution is -2.28. The number of thiophene rings is 1. The minimum absolute atomic E-state index is 0.0391. The van der Waals surface area contributed by atoms with Crippen molar-refractivity contribution in [1.82, 2.24) is 25.1 Å². The van der Waals surface area contributed by atoms with Gasteiger partial charge in [0.1, 0.15) is 11.6 Å². The van der Waals surface area contributed by atoms with Crippen molar-refractivity contribution in [2.75, 3.05) is 12.9 Å². The van der Waals surface area contributed by atoms with E-state index in [0.29, 0.717) is 34.4 Å². The van der Waals surface area contributed by atoms with Gasteiger partial charge in [0.25, 0.3) is 17.5 Å². The molecule has 0 saturated carbocycles. The Balaban J connectivity index is 1.25. The second-order valence-corrected chi connectivity index (χ2v) is 12.1. The maximum Gasteiger partial charge on any atom is 0.269 e. The smallest absolute Gasteiger partial charge is 0.269 e. The lowest BCUT2D eigenvalue weighted by Gasteiger charge is -2.22. The van der Waals surface area contributed by atoms with E-state index in [0.717, 1.165) is 27.9 Å². The quantitative estimate of drug-likeness (QED) is 0.106. The molecular weight excluding hydrogens is 646 g/mol. The van der Waals surface area contributed by atoms with Crippen LogP contribution in [0.15, 0.2) is 101 Å². The van der Waals surface area contributed by atoms with E-state index in [1.54, 1.807) is 53.1 Å². The summed E-state index contributed by atoms with van der Waals surface area (Å²) >= 11 is 2.63. The van der Waals surface area contributed by atoms with E-state index in [1.165, 1.54) is 47.7 Å². The van der Waals surface area contributed by atoms with Gasteiger partial charge in [0.2, 0.25) is 0 Å². The molecule has 238 valence electrons. The van der Waals surface area contributed by atoms with E-state index in [-0.39, 0.29) is 29.7 Å². The molecule has 5 aromatic rings. The van der Waals surface area contributed by atoms with Gasteiger partial charge in [-0.3, -0.25) is 24.3 Å². The number of benzene rings is 3. The zero-order valence-electron chi connectivity index (χ0n) is 24.8. The summed E-state index contributed by atoms with van der Waals surface area (Å²) in [7, 11) is 1.47. The molecular formula is C32H26FN7O5S2. The molecule has 1 aliphatic rings. The Morgan fingerprint density at radius 1 is 1.06 bits per heavy atom. The topological polar surface area (TPSA) is 145 Å². The number of aromatic nitrogens is 3. The third-order valence-electron chi connectivity index (χ3n) is 7.33. The third-order valence-corrected chi connectivity index (χ3v) is 9.16. The first-order valence-electron chi connectivity index (χ1n) is 14.2. The molecule has 1 aliphatic heterocycles. The fraction of sp³-hybridized carbons (Fsp3) is 0.156. The van der Waals surface area contributed by atoms with E-state index in [2.05, 4.69) is 20.6 Å². The molecule has 0 fully saturated rings. The summed E-state index contributed by atoms with van der Waals surface area (Å²) in [5.74, 6) is -0.411. The summed E-state index contributed by atoms with van der Waals surface area (Å²) in [6, 6.07) is 22.0. The van der Waals surface area contributed by atoms with E-state index in [9.17, 15) is 24.1 Å². The van der Waals surface area contributed by atoms with Crippen molar-refractivity contribution in [2.45, 2.75) is 24.2 Å². The van der Waals surface area contributed by atoms with Crippen LogP contribution < -0.4 is 10.1 Å². The van der Waals surface area contributed by atoms with Crippen LogP contribution in [0.1, 0.15) is 39.1 Å². The lowest BCUT2D eigenvalue weighted by molar-refractivity contribution is -0.384. The number of halogens is 1. The number of para-hydroxylation sites is 1. The Morgan fingerprint density at radius 3 is 2.53 bits per heavy atom. The number of ether oxygens (including phenoxy) is 1. The molecule has 0 spiro atoms. The van der Waals surface area contributed by atoms with Gasteiger partial charge in [-0.2, -0.15) is 5.10 Å². The highest BCUT2D eigenvalue weighted by atomic mass is 32.2. The van der Waals surface area contributed by atoms with Crippen LogP contribution in [0.25, 0.3) is 5.69 Å². The zero-order valence-corrected chi connectivity index (χ0v) is 26.4. The molecule has 0 aliphatic carbocycles. The second-order valence-electron chi connectivity index (χ2n) is 10.2. The predicted octanol–water partition coefficient (Wildman–Crippen LogP) is 5.78. The summed E-state index contributed by atoms with van der Waals surface area (Å²) in [6.07, 6.45) is 0.470. The molecule has 0 unspecified atom stereocenters. The molecule has 1 atom stereocenters. The summed E-state index contributed by atoms with van der Waals surface area (Å²) in [4.78, 5) is 38.4. The van der Waals surface area contributed by atoms with Gasteiger partial charge in [0.15, 0.2) is 11.0 Å². The Kier molecular flexibility index (Phi) is 9.35.